The lowest BCUT2D eigenvalue weighted by molar-refractivity contribution is 0.0389. The number of morpholine rings is 1. The van der Waals surface area contributed by atoms with Crippen molar-refractivity contribution in [2.75, 3.05) is 45.9 Å². The number of rotatable bonds is 8. The monoisotopic (exact) mass is 570 g/mol. The molecule has 0 aliphatic carbocycles. The predicted molar refractivity (Wildman–Crippen MR) is 138 cm³/mol. The van der Waals surface area contributed by atoms with E-state index in [0.717, 1.165) is 79.9 Å². The molecule has 0 spiro atoms. The summed E-state index contributed by atoms with van der Waals surface area (Å²) in [5, 5.41) is 16.2. The molecule has 1 saturated heterocycles. The number of aromatic amines is 1. The number of nitrogens with one attached hydrogen (secondary N) is 3. The van der Waals surface area contributed by atoms with E-state index in [2.05, 4.69) is 30.7 Å². The molecule has 0 atom stereocenters. The van der Waals surface area contributed by atoms with Gasteiger partial charge in [0.2, 0.25) is 0 Å². The van der Waals surface area contributed by atoms with Crippen LogP contribution in [0.5, 0.6) is 0 Å². The Kier molecular flexibility index (Phi) is 9.44. The molecule has 3 heterocycles. The summed E-state index contributed by atoms with van der Waals surface area (Å²) in [6.45, 7) is 8.28. The van der Waals surface area contributed by atoms with Crippen LogP contribution in [-0.2, 0) is 24.8 Å². The van der Waals surface area contributed by atoms with Gasteiger partial charge in [-0.1, -0.05) is 0 Å². The molecular formula is C22H32FIN8O. The summed E-state index contributed by atoms with van der Waals surface area (Å²) in [5.74, 6) is 2.18. The number of H-pyrrole nitrogens is 1. The van der Waals surface area contributed by atoms with Crippen molar-refractivity contribution >= 4 is 40.8 Å². The van der Waals surface area contributed by atoms with Crippen molar-refractivity contribution in [3.63, 3.8) is 0 Å². The molecule has 4 rings (SSSR count). The highest BCUT2D eigenvalue weighted by Gasteiger charge is 2.11. The number of guanidine groups is 1. The van der Waals surface area contributed by atoms with Gasteiger partial charge in [0.1, 0.15) is 18.2 Å². The number of aromatic nitrogens is 4. The number of aryl methyl sites for hydroxylation is 1. The number of ether oxygens (including phenoxy) is 1. The minimum atomic E-state index is -0.234. The fraction of sp³-hybridized carbons (Fsp3) is 0.500. The van der Waals surface area contributed by atoms with Crippen LogP contribution in [0.4, 0.5) is 4.39 Å². The SMILES string of the molecule is Cc1nnc(CN=C(NCCc2c[nH]c3cc(F)ccc23)NCCN2CCOCC2)n1C.I. The van der Waals surface area contributed by atoms with Gasteiger partial charge in [-0.25, -0.2) is 9.38 Å². The summed E-state index contributed by atoms with van der Waals surface area (Å²) >= 11 is 0. The Morgan fingerprint density at radius 3 is 2.76 bits per heavy atom. The number of aliphatic imine (C=N–C) groups is 1. The lowest BCUT2D eigenvalue weighted by atomic mass is 10.1. The van der Waals surface area contributed by atoms with Gasteiger partial charge in [0.15, 0.2) is 11.8 Å². The molecule has 0 unspecified atom stereocenters. The van der Waals surface area contributed by atoms with E-state index in [1.807, 2.05) is 30.8 Å². The topological polar surface area (TPSA) is 95.4 Å². The quantitative estimate of drug-likeness (QED) is 0.218. The highest BCUT2D eigenvalue weighted by atomic mass is 127. The second-order valence-electron chi connectivity index (χ2n) is 7.95. The van der Waals surface area contributed by atoms with E-state index in [0.29, 0.717) is 13.1 Å². The first-order chi connectivity index (χ1) is 15.6. The zero-order chi connectivity index (χ0) is 22.3. The fourth-order valence-corrected chi connectivity index (χ4v) is 3.75. The molecule has 180 valence electrons. The van der Waals surface area contributed by atoms with Crippen LogP contribution in [0.1, 0.15) is 17.2 Å². The Hall–Kier alpha value is -2.25. The van der Waals surface area contributed by atoms with Crippen molar-refractivity contribution in [1.29, 1.82) is 0 Å². The van der Waals surface area contributed by atoms with E-state index in [1.54, 1.807) is 0 Å². The van der Waals surface area contributed by atoms with Crippen LogP contribution in [0.3, 0.4) is 0 Å². The van der Waals surface area contributed by atoms with Crippen LogP contribution in [0.15, 0.2) is 29.4 Å². The molecule has 1 aliphatic rings. The van der Waals surface area contributed by atoms with E-state index >= 15 is 0 Å². The molecule has 1 aliphatic heterocycles. The highest BCUT2D eigenvalue weighted by Crippen LogP contribution is 2.19. The second kappa shape index (κ2) is 12.3. The van der Waals surface area contributed by atoms with Crippen molar-refractivity contribution < 1.29 is 9.13 Å². The van der Waals surface area contributed by atoms with Gasteiger partial charge < -0.3 is 24.9 Å². The Bertz CT molecular complexity index is 1060. The first-order valence-corrected chi connectivity index (χ1v) is 11.0. The van der Waals surface area contributed by atoms with Crippen LogP contribution in [0.2, 0.25) is 0 Å². The summed E-state index contributed by atoms with van der Waals surface area (Å²) in [5.41, 5.74) is 1.96. The van der Waals surface area contributed by atoms with Crippen molar-refractivity contribution in [3.8, 4) is 0 Å². The summed E-state index contributed by atoms with van der Waals surface area (Å²) in [6, 6.07) is 4.84. The van der Waals surface area contributed by atoms with Crippen molar-refractivity contribution in [3.05, 3.63) is 47.4 Å². The molecule has 3 aromatic rings. The van der Waals surface area contributed by atoms with Crippen LogP contribution in [0.25, 0.3) is 10.9 Å². The highest BCUT2D eigenvalue weighted by molar-refractivity contribution is 14.0. The lowest BCUT2D eigenvalue weighted by Gasteiger charge is -2.26. The van der Waals surface area contributed by atoms with Gasteiger partial charge in [-0.15, -0.1) is 34.2 Å². The second-order valence-corrected chi connectivity index (χ2v) is 7.95. The van der Waals surface area contributed by atoms with Crippen molar-refractivity contribution in [1.82, 2.24) is 35.3 Å². The number of hydrogen-bond donors (Lipinski definition) is 3. The minimum Gasteiger partial charge on any atom is -0.379 e. The molecule has 0 radical (unpaired) electrons. The number of halogens is 2. The van der Waals surface area contributed by atoms with E-state index in [-0.39, 0.29) is 29.8 Å². The van der Waals surface area contributed by atoms with Gasteiger partial charge in [-0.2, -0.15) is 0 Å². The molecule has 9 nitrogen and oxygen atoms in total. The summed E-state index contributed by atoms with van der Waals surface area (Å²) in [4.78, 5) is 10.2. The molecule has 1 fully saturated rings. The van der Waals surface area contributed by atoms with Gasteiger partial charge >= 0.3 is 0 Å². The fourth-order valence-electron chi connectivity index (χ4n) is 3.75. The van der Waals surface area contributed by atoms with E-state index in [4.69, 9.17) is 9.73 Å². The van der Waals surface area contributed by atoms with Gasteiger partial charge in [-0.3, -0.25) is 4.90 Å². The third-order valence-electron chi connectivity index (χ3n) is 5.80. The maximum Gasteiger partial charge on any atom is 0.191 e. The third-order valence-corrected chi connectivity index (χ3v) is 5.80. The van der Waals surface area contributed by atoms with Crippen LogP contribution in [-0.4, -0.2) is 76.5 Å². The average Bonchev–Trinajstić information content (AvgIpc) is 3.35. The van der Waals surface area contributed by atoms with Gasteiger partial charge in [-0.05, 0) is 37.1 Å². The van der Waals surface area contributed by atoms with E-state index in [9.17, 15) is 4.39 Å². The van der Waals surface area contributed by atoms with Crippen molar-refractivity contribution in [2.24, 2.45) is 12.0 Å². The molecular weight excluding hydrogens is 538 g/mol. The largest absolute Gasteiger partial charge is 0.379 e. The van der Waals surface area contributed by atoms with E-state index in [1.165, 1.54) is 12.1 Å². The summed E-state index contributed by atoms with van der Waals surface area (Å²) in [7, 11) is 1.94. The third kappa shape index (κ3) is 6.87. The molecule has 2 aromatic heterocycles. The summed E-state index contributed by atoms with van der Waals surface area (Å²) in [6.07, 6.45) is 2.73. The zero-order valence-corrected chi connectivity index (χ0v) is 21.4. The van der Waals surface area contributed by atoms with Crippen LogP contribution in [0, 0.1) is 12.7 Å². The smallest absolute Gasteiger partial charge is 0.191 e. The molecule has 33 heavy (non-hydrogen) atoms. The standard InChI is InChI=1S/C22H31FN8O.HI/c1-16-28-29-21(30(16)2)15-27-22(25-7-8-31-9-11-32-12-10-31)24-6-5-17-14-26-20-13-18(23)3-4-19(17)20;/h3-4,13-14,26H,5-12,15H2,1-2H3,(H2,24,25,27);1H. The van der Waals surface area contributed by atoms with Crippen molar-refractivity contribution in [2.45, 2.75) is 19.9 Å². The van der Waals surface area contributed by atoms with Gasteiger partial charge in [0.05, 0.1) is 13.2 Å². The maximum atomic E-state index is 13.4. The first-order valence-electron chi connectivity index (χ1n) is 11.0. The molecule has 1 aromatic carbocycles. The Labute approximate surface area is 210 Å². The number of fused-ring (bicyclic) bond motifs is 1. The van der Waals surface area contributed by atoms with Gasteiger partial charge in [0, 0.05) is 56.9 Å². The zero-order valence-electron chi connectivity index (χ0n) is 19.1. The minimum absolute atomic E-state index is 0. The Morgan fingerprint density at radius 2 is 2.00 bits per heavy atom. The lowest BCUT2D eigenvalue weighted by Crippen LogP contribution is -2.44. The normalized spacial score (nSPS) is 14.9. The Balaban J connectivity index is 0.00000306. The molecule has 0 amide bonds. The van der Waals surface area contributed by atoms with Crippen LogP contribution >= 0.6 is 24.0 Å². The predicted octanol–water partition coefficient (Wildman–Crippen LogP) is 1.97. The molecule has 3 N–H and O–H groups in total. The molecule has 0 bridgehead atoms. The maximum absolute atomic E-state index is 13.4. The summed E-state index contributed by atoms with van der Waals surface area (Å²) < 4.78 is 20.8. The van der Waals surface area contributed by atoms with Crippen LogP contribution < -0.4 is 10.6 Å². The number of benzene rings is 1. The number of nitrogens with zero attached hydrogens (tertiary/aromatic N) is 5. The first kappa shape index (κ1) is 25.4. The average molecular weight is 570 g/mol. The molecule has 11 heteroatoms. The van der Waals surface area contributed by atoms with E-state index < -0.39 is 0 Å². The van der Waals surface area contributed by atoms with Gasteiger partial charge in [0.25, 0.3) is 0 Å². The Morgan fingerprint density at radius 1 is 1.21 bits per heavy atom. The number of hydrogen-bond acceptors (Lipinski definition) is 5. The molecule has 0 saturated carbocycles.